The van der Waals surface area contributed by atoms with E-state index in [1.165, 1.54) is 44.2 Å². The summed E-state index contributed by atoms with van der Waals surface area (Å²) < 4.78 is 15.9. The van der Waals surface area contributed by atoms with E-state index in [0.29, 0.717) is 12.1 Å². The maximum Gasteiger partial charge on any atom is 0.308 e. The fraction of sp³-hybridized carbons (Fsp3) is 0.320. The van der Waals surface area contributed by atoms with Gasteiger partial charge in [-0.05, 0) is 43.9 Å². The van der Waals surface area contributed by atoms with Crippen LogP contribution >= 0.6 is 23.2 Å². The summed E-state index contributed by atoms with van der Waals surface area (Å²) in [5.74, 6) is -2.29. The monoisotopic (exact) mass is 536 g/mol. The summed E-state index contributed by atoms with van der Waals surface area (Å²) in [5, 5.41) is 11.7. The smallest absolute Gasteiger partial charge is 0.308 e. The van der Waals surface area contributed by atoms with Crippen LogP contribution in [0.5, 0.6) is 17.2 Å². The second kappa shape index (κ2) is 11.2. The summed E-state index contributed by atoms with van der Waals surface area (Å²) in [4.78, 5) is 41.3. The van der Waals surface area contributed by atoms with E-state index >= 15 is 0 Å². The van der Waals surface area contributed by atoms with Gasteiger partial charge in [0.25, 0.3) is 11.7 Å². The van der Waals surface area contributed by atoms with Crippen molar-refractivity contribution < 1.29 is 33.7 Å². The lowest BCUT2D eigenvalue weighted by atomic mass is 9.94. The van der Waals surface area contributed by atoms with Gasteiger partial charge in [-0.3, -0.25) is 14.4 Å². The summed E-state index contributed by atoms with van der Waals surface area (Å²) >= 11 is 12.4. The Kier molecular flexibility index (Phi) is 8.50. The Morgan fingerprint density at radius 1 is 1.08 bits per heavy atom. The largest absolute Gasteiger partial charge is 0.507 e. The predicted molar refractivity (Wildman–Crippen MR) is 135 cm³/mol. The summed E-state index contributed by atoms with van der Waals surface area (Å²) in [6, 6.07) is 6.49. The zero-order chi connectivity index (χ0) is 26.7. The first kappa shape index (κ1) is 27.3. The number of nitrogens with zero attached hydrogens (tertiary/aromatic N) is 2. The first-order valence-electron chi connectivity index (χ1n) is 10.8. The van der Waals surface area contributed by atoms with Gasteiger partial charge in [-0.1, -0.05) is 29.3 Å². The molecule has 11 heteroatoms. The van der Waals surface area contributed by atoms with Crippen molar-refractivity contribution in [3.63, 3.8) is 0 Å². The van der Waals surface area contributed by atoms with E-state index in [0.717, 1.165) is 0 Å². The number of ether oxygens (including phenoxy) is 3. The maximum absolute atomic E-state index is 13.3. The number of aliphatic hydroxyl groups excluding tert-OH is 1. The standard InChI is InChI=1S/C25H26Cl2N2O7/c1-13(30)36-19-10-14(6-7-18(19)34-4)21-20(23(32)25(33)29(21)9-8-28(2)3)22(31)16-11-15(26)12-17(27)24(16)35-5/h6-7,10-12,21,31H,8-9H2,1-5H3/b22-20+. The van der Waals surface area contributed by atoms with Crippen molar-refractivity contribution in [1.82, 2.24) is 9.80 Å². The molecule has 1 N–H and O–H groups in total. The van der Waals surface area contributed by atoms with E-state index in [9.17, 15) is 19.5 Å². The van der Waals surface area contributed by atoms with Crippen LogP contribution in [0.3, 0.4) is 0 Å². The molecule has 1 heterocycles. The molecule has 9 nitrogen and oxygen atoms in total. The van der Waals surface area contributed by atoms with Gasteiger partial charge in [-0.25, -0.2) is 0 Å². The SMILES string of the molecule is COc1ccc(C2/C(=C(\O)c3cc(Cl)cc(Cl)c3OC)C(=O)C(=O)N2CCN(C)C)cc1OC(C)=O. The molecule has 0 bridgehead atoms. The minimum atomic E-state index is -1.01. The van der Waals surface area contributed by atoms with Gasteiger partial charge in [0.15, 0.2) is 11.5 Å². The maximum atomic E-state index is 13.3. The molecule has 0 aliphatic carbocycles. The number of esters is 1. The average Bonchev–Trinajstić information content (AvgIpc) is 3.06. The lowest BCUT2D eigenvalue weighted by Crippen LogP contribution is -2.35. The number of ketones is 1. The number of hydrogen-bond donors (Lipinski definition) is 1. The number of hydrogen-bond acceptors (Lipinski definition) is 8. The van der Waals surface area contributed by atoms with Gasteiger partial charge in [0.05, 0.1) is 36.4 Å². The number of amides is 1. The summed E-state index contributed by atoms with van der Waals surface area (Å²) in [5.41, 5.74) is 0.285. The highest BCUT2D eigenvalue weighted by Gasteiger charge is 2.46. The number of rotatable bonds is 8. The molecule has 0 spiro atoms. The highest BCUT2D eigenvalue weighted by atomic mass is 35.5. The van der Waals surface area contributed by atoms with Crippen LogP contribution in [-0.4, -0.2) is 74.0 Å². The van der Waals surface area contributed by atoms with Crippen LogP contribution in [-0.2, 0) is 14.4 Å². The van der Waals surface area contributed by atoms with Crippen molar-refractivity contribution in [3.8, 4) is 17.2 Å². The Labute approximate surface area is 218 Å². The van der Waals surface area contributed by atoms with Gasteiger partial charge in [0.1, 0.15) is 11.5 Å². The Morgan fingerprint density at radius 3 is 2.36 bits per heavy atom. The fourth-order valence-electron chi connectivity index (χ4n) is 3.95. The van der Waals surface area contributed by atoms with Gasteiger partial charge in [-0.2, -0.15) is 0 Å². The molecule has 1 aliphatic rings. The fourth-order valence-corrected chi connectivity index (χ4v) is 4.52. The number of Topliss-reactive ketones (excluding diaryl/α,β-unsaturated/α-hetero) is 1. The summed E-state index contributed by atoms with van der Waals surface area (Å²) in [7, 11) is 6.43. The number of likely N-dealkylation sites (tertiary alicyclic amines) is 1. The lowest BCUT2D eigenvalue weighted by Gasteiger charge is -2.27. The molecule has 3 rings (SSSR count). The van der Waals surface area contributed by atoms with Gasteiger partial charge in [-0.15, -0.1) is 0 Å². The van der Waals surface area contributed by atoms with E-state index in [4.69, 9.17) is 37.4 Å². The summed E-state index contributed by atoms with van der Waals surface area (Å²) in [6.45, 7) is 1.87. The van der Waals surface area contributed by atoms with Gasteiger partial charge >= 0.3 is 5.97 Å². The predicted octanol–water partition coefficient (Wildman–Crippen LogP) is 3.92. The molecule has 0 aromatic heterocycles. The molecule has 1 fully saturated rings. The molecule has 2 aromatic rings. The molecule has 1 aliphatic heterocycles. The van der Waals surface area contributed by atoms with E-state index in [2.05, 4.69) is 0 Å². The molecule has 2 aromatic carbocycles. The topological polar surface area (TPSA) is 106 Å². The molecule has 1 atom stereocenters. The minimum Gasteiger partial charge on any atom is -0.507 e. The van der Waals surface area contributed by atoms with E-state index < -0.39 is 29.5 Å². The van der Waals surface area contributed by atoms with Gasteiger partial charge < -0.3 is 29.1 Å². The minimum absolute atomic E-state index is 0.0549. The van der Waals surface area contributed by atoms with Crippen LogP contribution in [0.2, 0.25) is 10.0 Å². The van der Waals surface area contributed by atoms with Crippen molar-refractivity contribution in [1.29, 1.82) is 0 Å². The Balaban J connectivity index is 2.29. The summed E-state index contributed by atoms with van der Waals surface area (Å²) in [6.07, 6.45) is 0. The van der Waals surface area contributed by atoms with Gasteiger partial charge in [0, 0.05) is 25.0 Å². The van der Waals surface area contributed by atoms with Crippen LogP contribution in [0.15, 0.2) is 35.9 Å². The zero-order valence-electron chi connectivity index (χ0n) is 20.4. The van der Waals surface area contributed by atoms with Crippen LogP contribution in [0, 0.1) is 0 Å². The number of halogens is 2. The van der Waals surface area contributed by atoms with Crippen LogP contribution in [0.4, 0.5) is 0 Å². The number of methoxy groups -OCH3 is 2. The number of carbonyl (C=O) groups excluding carboxylic acids is 3. The normalized spacial score (nSPS) is 17.0. The number of aliphatic hydroxyl groups is 1. The van der Waals surface area contributed by atoms with Crippen molar-refractivity contribution in [2.45, 2.75) is 13.0 Å². The van der Waals surface area contributed by atoms with E-state index in [1.807, 2.05) is 19.0 Å². The Bertz CT molecular complexity index is 1240. The first-order valence-corrected chi connectivity index (χ1v) is 11.6. The molecule has 1 amide bonds. The first-order chi connectivity index (χ1) is 17.0. The second-order valence-electron chi connectivity index (χ2n) is 8.27. The molecule has 1 unspecified atom stereocenters. The molecule has 36 heavy (non-hydrogen) atoms. The number of likely N-dealkylation sites (N-methyl/N-ethyl adjacent to an activating group) is 1. The molecular formula is C25H26Cl2N2O7. The van der Waals surface area contributed by atoms with Crippen LogP contribution in [0.1, 0.15) is 24.1 Å². The third kappa shape index (κ3) is 5.43. The van der Waals surface area contributed by atoms with Crippen molar-refractivity contribution in [2.75, 3.05) is 41.4 Å². The Morgan fingerprint density at radius 2 is 1.78 bits per heavy atom. The quantitative estimate of drug-likeness (QED) is 0.178. The third-order valence-corrected chi connectivity index (χ3v) is 6.05. The molecule has 192 valence electrons. The Hall–Kier alpha value is -3.27. The molecule has 0 saturated carbocycles. The van der Waals surface area contributed by atoms with Crippen LogP contribution in [0.25, 0.3) is 5.76 Å². The van der Waals surface area contributed by atoms with E-state index in [-0.39, 0.29) is 45.0 Å². The molecular weight excluding hydrogens is 511 g/mol. The zero-order valence-corrected chi connectivity index (χ0v) is 21.9. The highest BCUT2D eigenvalue weighted by molar-refractivity contribution is 6.46. The molecule has 1 saturated heterocycles. The number of benzene rings is 2. The lowest BCUT2D eigenvalue weighted by molar-refractivity contribution is -0.140. The number of carbonyl (C=O) groups is 3. The molecule has 0 radical (unpaired) electrons. The average molecular weight is 537 g/mol. The van der Waals surface area contributed by atoms with Crippen LogP contribution < -0.4 is 14.2 Å². The van der Waals surface area contributed by atoms with Crippen molar-refractivity contribution >= 4 is 46.6 Å². The third-order valence-electron chi connectivity index (χ3n) is 5.55. The van der Waals surface area contributed by atoms with Crippen molar-refractivity contribution in [2.24, 2.45) is 0 Å². The van der Waals surface area contributed by atoms with E-state index in [1.54, 1.807) is 12.1 Å². The van der Waals surface area contributed by atoms with Crippen molar-refractivity contribution in [3.05, 3.63) is 57.1 Å². The second-order valence-corrected chi connectivity index (χ2v) is 9.11. The van der Waals surface area contributed by atoms with Gasteiger partial charge in [0.2, 0.25) is 0 Å². The highest BCUT2D eigenvalue weighted by Crippen LogP contribution is 2.44.